The van der Waals surface area contributed by atoms with Gasteiger partial charge >= 0.3 is 63.3 Å². The summed E-state index contributed by atoms with van der Waals surface area (Å²) in [4.78, 5) is 22.2. The van der Waals surface area contributed by atoms with Crippen LogP contribution in [0.4, 0.5) is 0 Å². The molecule has 0 amide bonds. The van der Waals surface area contributed by atoms with Crippen LogP contribution < -0.4 is 0 Å². The molecule has 0 radical (unpaired) electrons. The zero-order valence-corrected chi connectivity index (χ0v) is 21.3. The molecule has 0 saturated carbocycles. The summed E-state index contributed by atoms with van der Waals surface area (Å²) in [5.74, 6) is -2.81. The molecule has 10 heteroatoms. The van der Waals surface area contributed by atoms with Gasteiger partial charge in [-0.1, -0.05) is 103 Å². The third-order valence-electron chi connectivity index (χ3n) is 5.60. The molecular weight excluding hydrogens is 487 g/mol. The van der Waals surface area contributed by atoms with Crippen LogP contribution in [0.15, 0.2) is 0 Å². The van der Waals surface area contributed by atoms with E-state index >= 15 is 0 Å². The molecule has 0 saturated heterocycles. The van der Waals surface area contributed by atoms with Crippen molar-refractivity contribution >= 4 is 73.4 Å². The fraction of sp³-hybridized carbons (Fsp3) is 0.917. The Bertz CT molecular complexity index is 598. The number of hydrogen-bond donors (Lipinski definition) is 2. The van der Waals surface area contributed by atoms with Gasteiger partial charge in [0.25, 0.3) is 10.1 Å². The number of esters is 1. The first kappa shape index (κ1) is 36.6. The first-order valence-electron chi connectivity index (χ1n) is 12.7. The minimum atomic E-state index is -4.83. The van der Waals surface area contributed by atoms with Crippen molar-refractivity contribution in [1.82, 2.24) is 0 Å². The van der Waals surface area contributed by atoms with E-state index in [-0.39, 0.29) is 64.6 Å². The summed E-state index contributed by atoms with van der Waals surface area (Å²) in [5, 5.41) is 6.51. The Kier molecular flexibility index (Phi) is 27.0. The second-order valence-electron chi connectivity index (χ2n) is 8.68. The normalized spacial score (nSPS) is 12.2. The van der Waals surface area contributed by atoms with Crippen LogP contribution in [0.3, 0.4) is 0 Å². The van der Waals surface area contributed by atoms with Gasteiger partial charge in [0, 0.05) is 6.61 Å². The number of carboxylic acids is 1. The number of carboxylic acid groups (broad SMARTS) is 1. The Labute approximate surface area is 249 Å². The number of rotatable bonds is 24. The van der Waals surface area contributed by atoms with Crippen LogP contribution in [-0.4, -0.2) is 106 Å². The van der Waals surface area contributed by atoms with E-state index in [1.54, 1.807) is 0 Å². The summed E-state index contributed by atoms with van der Waals surface area (Å²) >= 11 is 0. The van der Waals surface area contributed by atoms with Crippen LogP contribution >= 0.6 is 0 Å². The molecule has 0 fully saturated rings. The van der Waals surface area contributed by atoms with Crippen LogP contribution in [0.25, 0.3) is 0 Å². The van der Waals surface area contributed by atoms with Gasteiger partial charge < -0.3 is 14.6 Å². The molecule has 1 atom stereocenters. The molecule has 0 rings (SSSR count). The second kappa shape index (κ2) is 25.1. The van der Waals surface area contributed by atoms with Crippen molar-refractivity contribution in [3.8, 4) is 0 Å². The molecule has 198 valence electrons. The average molecular weight is 535 g/mol. The molecule has 1 unspecified atom stereocenters. The number of ether oxygens (including phenoxy) is 2. The summed E-state index contributed by atoms with van der Waals surface area (Å²) in [5.41, 5.74) is 0. The number of aliphatic carboxylic acids is 1. The molecule has 0 spiro atoms. The van der Waals surface area contributed by atoms with Gasteiger partial charge in [-0.05, 0) is 6.42 Å². The Hall–Kier alpha value is 0.446. The van der Waals surface area contributed by atoms with Crippen molar-refractivity contribution in [1.29, 1.82) is 0 Å². The van der Waals surface area contributed by atoms with Crippen LogP contribution in [0.1, 0.15) is 116 Å². The molecule has 0 aromatic rings. The predicted molar refractivity (Wildman–Crippen MR) is 136 cm³/mol. The zero-order chi connectivity index (χ0) is 24.8. The first-order chi connectivity index (χ1) is 15.8. The fourth-order valence-corrected chi connectivity index (χ4v) is 4.28. The van der Waals surface area contributed by atoms with Gasteiger partial charge in [-0.15, -0.1) is 0 Å². The van der Waals surface area contributed by atoms with Crippen molar-refractivity contribution < 1.29 is 37.1 Å². The maximum absolute atomic E-state index is 11.6. The van der Waals surface area contributed by atoms with Gasteiger partial charge in [-0.3, -0.25) is 14.1 Å². The Morgan fingerprint density at radius 2 is 1.12 bits per heavy atom. The molecule has 0 aromatic heterocycles. The monoisotopic (exact) mass is 534 g/mol. The summed E-state index contributed by atoms with van der Waals surface area (Å²) in [7, 11) is -4.83. The Balaban J connectivity index is 0. The van der Waals surface area contributed by atoms with Gasteiger partial charge in [0.1, 0.15) is 6.61 Å². The third-order valence-corrected chi connectivity index (χ3v) is 6.67. The summed E-state index contributed by atoms with van der Waals surface area (Å²) in [6, 6.07) is 0. The van der Waals surface area contributed by atoms with Crippen molar-refractivity contribution in [2.75, 3.05) is 19.8 Å². The third kappa shape index (κ3) is 24.2. The van der Waals surface area contributed by atoms with Crippen molar-refractivity contribution in [3.63, 3.8) is 0 Å². The van der Waals surface area contributed by atoms with Crippen LogP contribution in [0, 0.1) is 0 Å². The van der Waals surface area contributed by atoms with Crippen molar-refractivity contribution in [2.24, 2.45) is 0 Å². The summed E-state index contributed by atoms with van der Waals surface area (Å²) < 4.78 is 41.1. The molecule has 0 bridgehead atoms. The summed E-state index contributed by atoms with van der Waals surface area (Å²) in [6.45, 7) is 2.68. The number of hydrogen-bond acceptors (Lipinski definition) is 6. The Morgan fingerprint density at radius 1 is 0.706 bits per heavy atom. The summed E-state index contributed by atoms with van der Waals surface area (Å²) in [6.07, 6.45) is 19.6. The first-order valence-corrected chi connectivity index (χ1v) is 14.2. The average Bonchev–Trinajstić information content (AvgIpc) is 2.75. The van der Waals surface area contributed by atoms with Gasteiger partial charge in [0.05, 0.1) is 13.0 Å². The standard InChI is InChI=1S/C24H46O8S.K.H/c1-2-3-4-5-6-7-8-9-10-11-12-13-14-15-16-17-18-31-19-20-32-24(27)22(21-23(25)26)33(28,29)30;;/h22H,2-21H2,1H3,(H,25,26)(H,28,29,30);;. The molecule has 8 nitrogen and oxygen atoms in total. The predicted octanol–water partition coefficient (Wildman–Crippen LogP) is 4.89. The van der Waals surface area contributed by atoms with Crippen molar-refractivity contribution in [2.45, 2.75) is 121 Å². The van der Waals surface area contributed by atoms with Gasteiger partial charge in [0.15, 0.2) is 5.25 Å². The maximum atomic E-state index is 11.6. The van der Waals surface area contributed by atoms with E-state index in [9.17, 15) is 18.0 Å². The van der Waals surface area contributed by atoms with Gasteiger partial charge in [-0.25, -0.2) is 0 Å². The zero-order valence-electron chi connectivity index (χ0n) is 20.5. The van der Waals surface area contributed by atoms with E-state index in [0.29, 0.717) is 6.61 Å². The molecule has 0 aromatic carbocycles. The Morgan fingerprint density at radius 3 is 1.50 bits per heavy atom. The van der Waals surface area contributed by atoms with Crippen LogP contribution in [-0.2, 0) is 29.2 Å². The van der Waals surface area contributed by atoms with Crippen LogP contribution in [0.5, 0.6) is 0 Å². The van der Waals surface area contributed by atoms with E-state index in [0.717, 1.165) is 12.8 Å². The number of carbonyl (C=O) groups excluding carboxylic acids is 1. The molecule has 0 heterocycles. The number of unbranched alkanes of at least 4 members (excludes halogenated alkanes) is 15. The van der Waals surface area contributed by atoms with E-state index in [1.807, 2.05) is 0 Å². The van der Waals surface area contributed by atoms with Crippen LogP contribution in [0.2, 0.25) is 0 Å². The van der Waals surface area contributed by atoms with Gasteiger partial charge in [-0.2, -0.15) is 8.42 Å². The minimum absolute atomic E-state index is 0. The molecule has 0 aliphatic heterocycles. The topological polar surface area (TPSA) is 127 Å². The van der Waals surface area contributed by atoms with Gasteiger partial charge in [0.2, 0.25) is 0 Å². The molecule has 2 N–H and O–H groups in total. The number of carbonyl (C=O) groups is 2. The quantitative estimate of drug-likeness (QED) is 0.0775. The second-order valence-corrected chi connectivity index (χ2v) is 10.3. The molecular formula is C24H47KO8S. The molecule has 0 aliphatic rings. The SMILES string of the molecule is CCCCCCCCCCCCCCCCCCOCCOC(=O)C(CC(=O)O)S(=O)(=O)O.[KH]. The van der Waals surface area contributed by atoms with E-state index in [2.05, 4.69) is 6.92 Å². The van der Waals surface area contributed by atoms with E-state index in [1.165, 1.54) is 89.9 Å². The fourth-order valence-electron chi connectivity index (χ4n) is 3.62. The molecule has 34 heavy (non-hydrogen) atoms. The van der Waals surface area contributed by atoms with E-state index in [4.69, 9.17) is 19.1 Å². The molecule has 0 aliphatic carbocycles. The van der Waals surface area contributed by atoms with Crippen molar-refractivity contribution in [3.05, 3.63) is 0 Å². The van der Waals surface area contributed by atoms with E-state index < -0.39 is 33.7 Å².